The minimum absolute atomic E-state index is 0.281. The molecule has 1 N–H and O–H groups in total. The van der Waals surface area contributed by atoms with E-state index in [9.17, 15) is 8.78 Å². The minimum atomic E-state index is -0.824. The van der Waals surface area contributed by atoms with Gasteiger partial charge in [-0.15, -0.1) is 0 Å². The molecule has 1 atom stereocenters. The van der Waals surface area contributed by atoms with E-state index < -0.39 is 11.6 Å². The smallest absolute Gasteiger partial charge is 0.159 e. The summed E-state index contributed by atoms with van der Waals surface area (Å²) in [5.74, 6) is -1.65. The van der Waals surface area contributed by atoms with Crippen LogP contribution in [0.15, 0.2) is 30.6 Å². The molecule has 114 valence electrons. The van der Waals surface area contributed by atoms with Gasteiger partial charge in [0.25, 0.3) is 0 Å². The maximum Gasteiger partial charge on any atom is 0.159 e. The van der Waals surface area contributed by atoms with E-state index in [0.29, 0.717) is 12.1 Å². The van der Waals surface area contributed by atoms with Crippen LogP contribution in [0, 0.1) is 11.6 Å². The molecule has 3 nitrogen and oxygen atoms in total. The molecule has 21 heavy (non-hydrogen) atoms. The van der Waals surface area contributed by atoms with Gasteiger partial charge < -0.3 is 5.32 Å². The third-order valence-corrected chi connectivity index (χ3v) is 3.43. The summed E-state index contributed by atoms with van der Waals surface area (Å²) in [5, 5.41) is 7.77. The largest absolute Gasteiger partial charge is 0.310 e. The minimum Gasteiger partial charge on any atom is -0.310 e. The van der Waals surface area contributed by atoms with Crippen LogP contribution in [0.25, 0.3) is 0 Å². The summed E-state index contributed by atoms with van der Waals surface area (Å²) in [7, 11) is 0. The Morgan fingerprint density at radius 1 is 1.24 bits per heavy atom. The van der Waals surface area contributed by atoms with Gasteiger partial charge in [0.15, 0.2) is 11.6 Å². The Morgan fingerprint density at radius 3 is 2.71 bits per heavy atom. The number of halogens is 2. The zero-order valence-electron chi connectivity index (χ0n) is 12.4. The Hall–Kier alpha value is -1.75. The number of nitrogens with zero attached hydrogens (tertiary/aromatic N) is 2. The lowest BCUT2D eigenvalue weighted by Crippen LogP contribution is -2.21. The lowest BCUT2D eigenvalue weighted by molar-refractivity contribution is 0.505. The lowest BCUT2D eigenvalue weighted by Gasteiger charge is -2.14. The highest BCUT2D eigenvalue weighted by Gasteiger charge is 2.11. The second-order valence-corrected chi connectivity index (χ2v) is 5.13. The highest BCUT2D eigenvalue weighted by Crippen LogP contribution is 2.16. The van der Waals surface area contributed by atoms with Gasteiger partial charge in [0.1, 0.15) is 0 Å². The summed E-state index contributed by atoms with van der Waals surface area (Å²) in [5.41, 5.74) is 1.81. The van der Waals surface area contributed by atoms with Gasteiger partial charge in [-0.3, -0.25) is 4.68 Å². The van der Waals surface area contributed by atoms with Crippen molar-refractivity contribution in [3.05, 3.63) is 53.4 Å². The Kier molecular flexibility index (Phi) is 5.44. The monoisotopic (exact) mass is 293 g/mol. The molecule has 1 heterocycles. The maximum absolute atomic E-state index is 13.2. The van der Waals surface area contributed by atoms with Crippen LogP contribution in [-0.4, -0.2) is 16.3 Å². The first-order chi connectivity index (χ1) is 10.1. The van der Waals surface area contributed by atoms with Crippen LogP contribution in [0.3, 0.4) is 0 Å². The molecule has 0 saturated carbocycles. The molecule has 0 bridgehead atoms. The van der Waals surface area contributed by atoms with Crippen molar-refractivity contribution in [2.24, 2.45) is 0 Å². The van der Waals surface area contributed by atoms with Crippen LogP contribution in [0.1, 0.15) is 43.9 Å². The van der Waals surface area contributed by atoms with E-state index in [-0.39, 0.29) is 6.04 Å². The van der Waals surface area contributed by atoms with E-state index in [1.807, 2.05) is 12.4 Å². The number of hydrogen-bond acceptors (Lipinski definition) is 2. The first kappa shape index (κ1) is 15.6. The van der Waals surface area contributed by atoms with Gasteiger partial charge in [0.2, 0.25) is 0 Å². The van der Waals surface area contributed by atoms with Crippen molar-refractivity contribution in [3.63, 3.8) is 0 Å². The molecule has 0 aliphatic rings. The fourth-order valence-corrected chi connectivity index (χ4v) is 2.29. The van der Waals surface area contributed by atoms with Crippen LogP contribution in [-0.2, 0) is 6.54 Å². The lowest BCUT2D eigenvalue weighted by atomic mass is 10.1. The molecule has 1 aromatic heterocycles. The molecule has 1 aromatic carbocycles. The van der Waals surface area contributed by atoms with Crippen molar-refractivity contribution >= 4 is 0 Å². The van der Waals surface area contributed by atoms with Gasteiger partial charge in [0, 0.05) is 17.8 Å². The van der Waals surface area contributed by atoms with Crippen molar-refractivity contribution in [1.82, 2.24) is 15.1 Å². The molecule has 5 heteroatoms. The van der Waals surface area contributed by atoms with Crippen LogP contribution in [0.4, 0.5) is 8.78 Å². The fraction of sp³-hybridized carbons (Fsp3) is 0.438. The molecule has 0 aliphatic carbocycles. The third-order valence-electron chi connectivity index (χ3n) is 3.43. The van der Waals surface area contributed by atoms with Gasteiger partial charge in [-0.05, 0) is 37.1 Å². The van der Waals surface area contributed by atoms with Crippen LogP contribution < -0.4 is 5.32 Å². The third kappa shape index (κ3) is 4.11. The zero-order valence-corrected chi connectivity index (χ0v) is 12.4. The van der Waals surface area contributed by atoms with Gasteiger partial charge in [0.05, 0.1) is 12.7 Å². The van der Waals surface area contributed by atoms with Crippen molar-refractivity contribution in [2.45, 2.75) is 39.3 Å². The molecule has 0 saturated heterocycles. The first-order valence-corrected chi connectivity index (χ1v) is 7.33. The summed E-state index contributed by atoms with van der Waals surface area (Å²) in [6, 6.07) is 4.21. The Balaban J connectivity index is 2.06. The topological polar surface area (TPSA) is 29.9 Å². The normalized spacial score (nSPS) is 12.6. The molecular weight excluding hydrogens is 272 g/mol. The van der Waals surface area contributed by atoms with Crippen molar-refractivity contribution in [1.29, 1.82) is 0 Å². The highest BCUT2D eigenvalue weighted by molar-refractivity contribution is 5.19. The molecule has 0 radical (unpaired) electrons. The Bertz CT molecular complexity index is 581. The van der Waals surface area contributed by atoms with Crippen LogP contribution in [0.5, 0.6) is 0 Å². The van der Waals surface area contributed by atoms with Crippen LogP contribution >= 0.6 is 0 Å². The molecule has 1 unspecified atom stereocenters. The van der Waals surface area contributed by atoms with Crippen LogP contribution in [0.2, 0.25) is 0 Å². The molecule has 0 aliphatic heterocycles. The van der Waals surface area contributed by atoms with Crippen molar-refractivity contribution in [3.8, 4) is 0 Å². The quantitative estimate of drug-likeness (QED) is 0.844. The number of benzene rings is 1. The van der Waals surface area contributed by atoms with Gasteiger partial charge in [-0.2, -0.15) is 5.10 Å². The molecule has 2 aromatic rings. The molecule has 0 spiro atoms. The summed E-state index contributed by atoms with van der Waals surface area (Å²) < 4.78 is 27.8. The SMILES string of the molecule is CCCNC(CC)c1cnn(Cc2ccc(F)c(F)c2)c1. The molecule has 2 rings (SSSR count). The predicted molar refractivity (Wildman–Crippen MR) is 79.0 cm³/mol. The Morgan fingerprint density at radius 2 is 2.05 bits per heavy atom. The molecular formula is C16H21F2N3. The van der Waals surface area contributed by atoms with Gasteiger partial charge >= 0.3 is 0 Å². The summed E-state index contributed by atoms with van der Waals surface area (Å²) in [6.07, 6.45) is 5.85. The standard InChI is InChI=1S/C16H21F2N3/c1-3-7-19-16(4-2)13-9-20-21(11-13)10-12-5-6-14(17)15(18)8-12/h5-6,8-9,11,16,19H,3-4,7,10H2,1-2H3. The van der Waals surface area contributed by atoms with E-state index >= 15 is 0 Å². The van der Waals surface area contributed by atoms with E-state index in [1.165, 1.54) is 6.07 Å². The average Bonchev–Trinajstić information content (AvgIpc) is 2.92. The number of rotatable bonds is 7. The van der Waals surface area contributed by atoms with E-state index in [4.69, 9.17) is 0 Å². The fourth-order valence-electron chi connectivity index (χ4n) is 2.29. The first-order valence-electron chi connectivity index (χ1n) is 7.33. The average molecular weight is 293 g/mol. The summed E-state index contributed by atoms with van der Waals surface area (Å²) in [6.45, 7) is 5.65. The van der Waals surface area contributed by atoms with E-state index in [2.05, 4.69) is 24.3 Å². The number of hydrogen-bond donors (Lipinski definition) is 1. The number of nitrogens with one attached hydrogen (secondary N) is 1. The molecule has 0 amide bonds. The number of aromatic nitrogens is 2. The second-order valence-electron chi connectivity index (χ2n) is 5.13. The Labute approximate surface area is 124 Å². The van der Waals surface area contributed by atoms with Crippen molar-refractivity contribution in [2.75, 3.05) is 6.54 Å². The second kappa shape index (κ2) is 7.31. The van der Waals surface area contributed by atoms with E-state index in [0.717, 1.165) is 31.0 Å². The summed E-state index contributed by atoms with van der Waals surface area (Å²) >= 11 is 0. The van der Waals surface area contributed by atoms with E-state index in [1.54, 1.807) is 10.7 Å². The van der Waals surface area contributed by atoms with Gasteiger partial charge in [-0.25, -0.2) is 8.78 Å². The molecule has 0 fully saturated rings. The maximum atomic E-state index is 13.2. The zero-order chi connectivity index (χ0) is 15.2. The predicted octanol–water partition coefficient (Wildman–Crippen LogP) is 3.66. The van der Waals surface area contributed by atoms with Gasteiger partial charge in [-0.1, -0.05) is 19.9 Å². The van der Waals surface area contributed by atoms with Crippen molar-refractivity contribution < 1.29 is 8.78 Å². The summed E-state index contributed by atoms with van der Waals surface area (Å²) in [4.78, 5) is 0. The highest BCUT2D eigenvalue weighted by atomic mass is 19.2.